The quantitative estimate of drug-likeness (QED) is 0.196. The van der Waals surface area contributed by atoms with E-state index >= 15 is 0 Å². The van der Waals surface area contributed by atoms with Crippen molar-refractivity contribution in [2.75, 3.05) is 7.05 Å². The maximum absolute atomic E-state index is 13.0. The summed E-state index contributed by atoms with van der Waals surface area (Å²) < 4.78 is 0. The molecule has 0 spiro atoms. The van der Waals surface area contributed by atoms with Gasteiger partial charge in [-0.05, 0) is 17.5 Å². The molecule has 3 atom stereocenters. The molecule has 5 N–H and O–H groups in total. The smallest absolute Gasteiger partial charge is 0.272 e. The second kappa shape index (κ2) is 11.5. The zero-order chi connectivity index (χ0) is 23.7. The van der Waals surface area contributed by atoms with Crippen molar-refractivity contribution in [3.8, 4) is 0 Å². The van der Waals surface area contributed by atoms with Crippen LogP contribution in [-0.2, 0) is 27.2 Å². The Kier molecular flexibility index (Phi) is 8.81. The van der Waals surface area contributed by atoms with Crippen molar-refractivity contribution in [2.45, 2.75) is 25.0 Å². The summed E-state index contributed by atoms with van der Waals surface area (Å²) in [6.07, 6.45) is -1.94. The first-order chi connectivity index (χ1) is 15.3. The molecule has 11 heteroatoms. The van der Waals surface area contributed by atoms with Crippen LogP contribution >= 0.6 is 0 Å². The van der Waals surface area contributed by atoms with Gasteiger partial charge in [-0.2, -0.15) is 0 Å². The lowest BCUT2D eigenvalue weighted by Gasteiger charge is -2.24. The molecule has 2 aromatic carbocycles. The number of nitrogens with one attached hydrogen (secondary N) is 3. The number of amides is 3. The average molecular weight is 444 g/mol. The van der Waals surface area contributed by atoms with Crippen LogP contribution in [0.4, 0.5) is 5.69 Å². The van der Waals surface area contributed by atoms with Gasteiger partial charge in [-0.25, -0.2) is 5.48 Å². The van der Waals surface area contributed by atoms with E-state index in [-0.39, 0.29) is 18.5 Å². The van der Waals surface area contributed by atoms with Gasteiger partial charge in [-0.1, -0.05) is 42.5 Å². The molecule has 0 saturated carbocycles. The molecule has 0 unspecified atom stereocenters. The number of aliphatic hydroxyl groups is 1. The number of hydrogen-bond acceptors (Lipinski definition) is 7. The van der Waals surface area contributed by atoms with Crippen molar-refractivity contribution >= 4 is 23.4 Å². The summed E-state index contributed by atoms with van der Waals surface area (Å²) in [5.41, 5.74) is 2.35. The van der Waals surface area contributed by atoms with Crippen molar-refractivity contribution in [3.63, 3.8) is 0 Å². The molecule has 2 aromatic rings. The van der Waals surface area contributed by atoms with E-state index in [1.807, 2.05) is 0 Å². The monoisotopic (exact) mass is 444 g/mol. The number of nitro benzene ring substituents is 1. The summed E-state index contributed by atoms with van der Waals surface area (Å²) in [5, 5.41) is 35.0. The number of benzene rings is 2. The Morgan fingerprint density at radius 1 is 0.938 bits per heavy atom. The molecular formula is C21H24N4O7. The second-order valence-corrected chi connectivity index (χ2v) is 7.02. The van der Waals surface area contributed by atoms with E-state index in [1.54, 1.807) is 30.3 Å². The van der Waals surface area contributed by atoms with Crippen LogP contribution in [0.3, 0.4) is 0 Å². The molecule has 11 nitrogen and oxygen atoms in total. The van der Waals surface area contributed by atoms with Crippen molar-refractivity contribution in [1.82, 2.24) is 16.1 Å². The van der Waals surface area contributed by atoms with Gasteiger partial charge >= 0.3 is 0 Å². The predicted molar refractivity (Wildman–Crippen MR) is 112 cm³/mol. The summed E-state index contributed by atoms with van der Waals surface area (Å²) in [6.45, 7) is 0. The summed E-state index contributed by atoms with van der Waals surface area (Å²) in [6, 6.07) is 13.2. The minimum absolute atomic E-state index is 0.161. The third-order valence-electron chi connectivity index (χ3n) is 4.86. The fraction of sp³-hybridized carbons (Fsp3) is 0.286. The number of likely N-dealkylation sites (N-methyl/N-ethyl adjacent to an activating group) is 1. The molecule has 0 saturated heterocycles. The van der Waals surface area contributed by atoms with Gasteiger partial charge in [0.2, 0.25) is 11.8 Å². The third-order valence-corrected chi connectivity index (χ3v) is 4.86. The number of nitro groups is 1. The van der Waals surface area contributed by atoms with Crippen molar-refractivity contribution in [2.24, 2.45) is 5.92 Å². The first-order valence-electron chi connectivity index (χ1n) is 9.68. The van der Waals surface area contributed by atoms with E-state index < -0.39 is 40.7 Å². The highest BCUT2D eigenvalue weighted by atomic mass is 16.6. The molecule has 170 valence electrons. The van der Waals surface area contributed by atoms with E-state index in [1.165, 1.54) is 36.8 Å². The van der Waals surface area contributed by atoms with E-state index in [4.69, 9.17) is 5.21 Å². The minimum atomic E-state index is -1.93. The van der Waals surface area contributed by atoms with Crippen LogP contribution in [0.5, 0.6) is 0 Å². The molecule has 3 amide bonds. The van der Waals surface area contributed by atoms with Crippen molar-refractivity contribution in [3.05, 3.63) is 75.8 Å². The minimum Gasteiger partial charge on any atom is -0.382 e. The largest absolute Gasteiger partial charge is 0.382 e. The SMILES string of the molecule is CNC(=O)[C@H](Cc1ccccc1)NC(=O)[C@H](Cc1ccc([N+](=O)[O-])cc1)[C@H](O)C(=O)NO. The van der Waals surface area contributed by atoms with Crippen LogP contribution in [0.15, 0.2) is 54.6 Å². The van der Waals surface area contributed by atoms with Crippen LogP contribution in [0.2, 0.25) is 0 Å². The van der Waals surface area contributed by atoms with Crippen LogP contribution in [0, 0.1) is 16.0 Å². The lowest BCUT2D eigenvalue weighted by molar-refractivity contribution is -0.384. The maximum atomic E-state index is 13.0. The van der Waals surface area contributed by atoms with E-state index in [0.717, 1.165) is 5.56 Å². The zero-order valence-corrected chi connectivity index (χ0v) is 17.2. The van der Waals surface area contributed by atoms with Crippen LogP contribution in [-0.4, -0.2) is 52.2 Å². The van der Waals surface area contributed by atoms with E-state index in [0.29, 0.717) is 5.56 Å². The number of hydroxylamine groups is 1. The average Bonchev–Trinajstić information content (AvgIpc) is 2.81. The number of aliphatic hydroxyl groups excluding tert-OH is 1. The van der Waals surface area contributed by atoms with Gasteiger partial charge in [0, 0.05) is 25.6 Å². The highest BCUT2D eigenvalue weighted by molar-refractivity contribution is 5.92. The number of rotatable bonds is 10. The molecule has 0 aliphatic carbocycles. The van der Waals surface area contributed by atoms with Crippen LogP contribution in [0.1, 0.15) is 11.1 Å². The maximum Gasteiger partial charge on any atom is 0.272 e. The Labute approximate surface area is 183 Å². The molecule has 32 heavy (non-hydrogen) atoms. The summed E-state index contributed by atoms with van der Waals surface area (Å²) in [5.74, 6) is -3.86. The lowest BCUT2D eigenvalue weighted by Crippen LogP contribution is -2.52. The number of carbonyl (C=O) groups is 3. The molecule has 0 aliphatic rings. The Morgan fingerprint density at radius 3 is 2.06 bits per heavy atom. The zero-order valence-electron chi connectivity index (χ0n) is 17.2. The van der Waals surface area contributed by atoms with Crippen LogP contribution in [0.25, 0.3) is 0 Å². The number of nitrogens with zero attached hydrogens (tertiary/aromatic N) is 1. The molecule has 0 heterocycles. The molecule has 0 aromatic heterocycles. The Morgan fingerprint density at radius 2 is 1.53 bits per heavy atom. The normalized spacial score (nSPS) is 13.3. The lowest BCUT2D eigenvalue weighted by atomic mass is 9.91. The van der Waals surface area contributed by atoms with Gasteiger partial charge in [0.15, 0.2) is 0 Å². The van der Waals surface area contributed by atoms with Crippen LogP contribution < -0.4 is 16.1 Å². The summed E-state index contributed by atoms with van der Waals surface area (Å²) in [4.78, 5) is 47.3. The van der Waals surface area contributed by atoms with Gasteiger partial charge in [0.1, 0.15) is 12.1 Å². The molecule has 0 radical (unpaired) electrons. The highest BCUT2D eigenvalue weighted by Gasteiger charge is 2.34. The Hall–Kier alpha value is -3.83. The number of carbonyl (C=O) groups excluding carboxylic acids is 3. The van der Waals surface area contributed by atoms with E-state index in [2.05, 4.69) is 10.6 Å². The van der Waals surface area contributed by atoms with E-state index in [9.17, 15) is 29.6 Å². The first-order valence-corrected chi connectivity index (χ1v) is 9.68. The van der Waals surface area contributed by atoms with Crippen molar-refractivity contribution in [1.29, 1.82) is 0 Å². The van der Waals surface area contributed by atoms with Gasteiger partial charge < -0.3 is 15.7 Å². The van der Waals surface area contributed by atoms with Crippen molar-refractivity contribution < 1.29 is 29.6 Å². The first kappa shape index (κ1) is 24.4. The topological polar surface area (TPSA) is 171 Å². The molecule has 0 aliphatic heterocycles. The second-order valence-electron chi connectivity index (χ2n) is 7.02. The highest BCUT2D eigenvalue weighted by Crippen LogP contribution is 2.18. The molecular weight excluding hydrogens is 420 g/mol. The van der Waals surface area contributed by atoms with Gasteiger partial charge in [-0.15, -0.1) is 0 Å². The summed E-state index contributed by atoms with van der Waals surface area (Å²) in [7, 11) is 1.41. The number of hydrogen-bond donors (Lipinski definition) is 5. The standard InChI is InChI=1S/C21H24N4O7/c1-22-20(28)17(12-13-5-3-2-4-6-13)23-19(27)16(18(26)21(29)24-30)11-14-7-9-15(10-8-14)25(31)32/h2-10,16-18,26,30H,11-12H2,1H3,(H,22,28)(H,23,27)(H,24,29)/t16-,17+,18+/m1/s1. The summed E-state index contributed by atoms with van der Waals surface area (Å²) >= 11 is 0. The Bertz CT molecular complexity index is 950. The molecule has 2 rings (SSSR count). The molecule has 0 bridgehead atoms. The van der Waals surface area contributed by atoms with Gasteiger partial charge in [0.05, 0.1) is 10.8 Å². The number of non-ortho nitro benzene ring substituents is 1. The fourth-order valence-corrected chi connectivity index (χ4v) is 3.12. The Balaban J connectivity index is 2.25. The van der Waals surface area contributed by atoms with Gasteiger partial charge in [0.25, 0.3) is 11.6 Å². The van der Waals surface area contributed by atoms with Gasteiger partial charge in [-0.3, -0.25) is 29.7 Å². The molecule has 0 fully saturated rings. The predicted octanol–water partition coefficient (Wildman–Crippen LogP) is 0.0933. The fourth-order valence-electron chi connectivity index (χ4n) is 3.12. The third kappa shape index (κ3) is 6.59.